The molecule has 2 N–H and O–H groups in total. The molecular weight excluding hydrogens is 277 g/mol. The van der Waals surface area contributed by atoms with Crippen molar-refractivity contribution in [3.63, 3.8) is 0 Å². The van der Waals surface area contributed by atoms with Gasteiger partial charge in [0.15, 0.2) is 6.17 Å². The van der Waals surface area contributed by atoms with Crippen LogP contribution in [0.2, 0.25) is 0 Å². The third-order valence-electron chi connectivity index (χ3n) is 3.97. The predicted octanol–water partition coefficient (Wildman–Crippen LogP) is 1.94. The number of benzene rings is 1. The molecule has 1 atom stereocenters. The van der Waals surface area contributed by atoms with Gasteiger partial charge in [0.25, 0.3) is 11.6 Å². The lowest BCUT2D eigenvalue weighted by Gasteiger charge is -2.34. The van der Waals surface area contributed by atoms with Crippen molar-refractivity contribution in [3.8, 4) is 0 Å². The lowest BCUT2D eigenvalue weighted by molar-refractivity contribution is -0.385. The maximum atomic E-state index is 13.6. The van der Waals surface area contributed by atoms with Crippen LogP contribution in [0.15, 0.2) is 18.2 Å². The van der Waals surface area contributed by atoms with Crippen LogP contribution in [-0.2, 0) is 4.79 Å². The van der Waals surface area contributed by atoms with Gasteiger partial charge in [-0.15, -0.1) is 0 Å². The summed E-state index contributed by atoms with van der Waals surface area (Å²) in [6, 6.07) is 4.95. The van der Waals surface area contributed by atoms with Crippen molar-refractivity contribution in [3.05, 3.63) is 33.9 Å². The average Bonchev–Trinajstić information content (AvgIpc) is 2.46. The third kappa shape index (κ3) is 3.29. The minimum absolute atomic E-state index is 0.0891. The Hall–Kier alpha value is -2.18. The first-order valence-electron chi connectivity index (χ1n) is 6.83. The van der Waals surface area contributed by atoms with Crippen LogP contribution in [0.5, 0.6) is 0 Å². The number of hydrogen-bond donors (Lipinski definition) is 1. The van der Waals surface area contributed by atoms with E-state index >= 15 is 0 Å². The number of nitro groups is 1. The number of hydrogen-bond acceptors (Lipinski definition) is 4. The second kappa shape index (κ2) is 6.07. The number of halogens is 1. The maximum absolute atomic E-state index is 13.6. The molecule has 1 heterocycles. The van der Waals surface area contributed by atoms with Crippen LogP contribution in [0.25, 0.3) is 0 Å². The van der Waals surface area contributed by atoms with Gasteiger partial charge in [-0.1, -0.05) is 0 Å². The summed E-state index contributed by atoms with van der Waals surface area (Å²) in [6.45, 7) is 2.91. The van der Waals surface area contributed by atoms with Crippen molar-refractivity contribution < 1.29 is 14.1 Å². The van der Waals surface area contributed by atoms with Crippen molar-refractivity contribution >= 4 is 17.3 Å². The van der Waals surface area contributed by atoms with E-state index in [1.165, 1.54) is 6.07 Å². The molecular formula is C14H18FN3O3. The second-order valence-corrected chi connectivity index (χ2v) is 5.36. The van der Waals surface area contributed by atoms with E-state index < -0.39 is 17.0 Å². The van der Waals surface area contributed by atoms with E-state index in [0.29, 0.717) is 31.5 Å². The molecule has 1 fully saturated rings. The van der Waals surface area contributed by atoms with Crippen molar-refractivity contribution in [2.45, 2.75) is 25.9 Å². The van der Waals surface area contributed by atoms with Gasteiger partial charge in [-0.2, -0.15) is 0 Å². The Kier molecular flexibility index (Phi) is 4.40. The molecule has 1 amide bonds. The molecule has 1 aliphatic rings. The highest BCUT2D eigenvalue weighted by atomic mass is 19.1. The molecule has 0 bridgehead atoms. The first-order valence-corrected chi connectivity index (χ1v) is 6.83. The summed E-state index contributed by atoms with van der Waals surface area (Å²) in [6.07, 6.45) is -0.508. The Morgan fingerprint density at radius 3 is 2.57 bits per heavy atom. The van der Waals surface area contributed by atoms with Crippen LogP contribution in [-0.4, -0.2) is 30.1 Å². The number of amides is 1. The van der Waals surface area contributed by atoms with Gasteiger partial charge in [-0.25, -0.2) is 4.39 Å². The number of anilines is 1. The largest absolute Gasteiger partial charge is 0.371 e. The number of carbonyl (C=O) groups excluding carboxylic acids is 1. The fourth-order valence-corrected chi connectivity index (χ4v) is 2.72. The molecule has 0 saturated carbocycles. The fourth-order valence-electron chi connectivity index (χ4n) is 2.72. The highest BCUT2D eigenvalue weighted by Crippen LogP contribution is 2.29. The lowest BCUT2D eigenvalue weighted by Crippen LogP contribution is -2.40. The molecule has 7 heteroatoms. The van der Waals surface area contributed by atoms with Crippen molar-refractivity contribution in [2.75, 3.05) is 18.0 Å². The lowest BCUT2D eigenvalue weighted by atomic mass is 9.91. The zero-order valence-electron chi connectivity index (χ0n) is 11.8. The van der Waals surface area contributed by atoms with Gasteiger partial charge < -0.3 is 10.6 Å². The van der Waals surface area contributed by atoms with E-state index in [1.54, 1.807) is 19.1 Å². The quantitative estimate of drug-likeness (QED) is 0.679. The maximum Gasteiger partial charge on any atom is 0.272 e. The normalized spacial score (nSPS) is 17.5. The molecule has 2 rings (SSSR count). The first kappa shape index (κ1) is 15.2. The number of aryl methyl sites for hydroxylation is 1. The summed E-state index contributed by atoms with van der Waals surface area (Å²) in [5.41, 5.74) is 6.55. The highest BCUT2D eigenvalue weighted by molar-refractivity contribution is 5.79. The van der Waals surface area contributed by atoms with E-state index in [9.17, 15) is 19.3 Å². The summed E-state index contributed by atoms with van der Waals surface area (Å²) in [5, 5.41) is 10.8. The van der Waals surface area contributed by atoms with Crippen LogP contribution in [0.4, 0.5) is 15.8 Å². The Morgan fingerprint density at radius 1 is 1.48 bits per heavy atom. The molecule has 1 aromatic rings. The number of carbonyl (C=O) groups is 1. The summed E-state index contributed by atoms with van der Waals surface area (Å²) < 4.78 is 13.6. The molecule has 1 saturated heterocycles. The number of nitrogens with two attached hydrogens (primary N) is 1. The third-order valence-corrected chi connectivity index (χ3v) is 3.97. The minimum atomic E-state index is -1.59. The van der Waals surface area contributed by atoms with E-state index in [0.717, 1.165) is 5.69 Å². The van der Waals surface area contributed by atoms with E-state index in [-0.39, 0.29) is 11.6 Å². The number of alkyl halides is 1. The minimum Gasteiger partial charge on any atom is -0.371 e. The molecule has 1 aromatic carbocycles. The van der Waals surface area contributed by atoms with Crippen LogP contribution < -0.4 is 10.6 Å². The van der Waals surface area contributed by atoms with E-state index in [2.05, 4.69) is 0 Å². The number of rotatable bonds is 4. The Morgan fingerprint density at radius 2 is 2.10 bits per heavy atom. The number of primary amides is 1. The molecule has 0 aromatic heterocycles. The first-order chi connectivity index (χ1) is 9.90. The van der Waals surface area contributed by atoms with Crippen LogP contribution in [0.3, 0.4) is 0 Å². The zero-order valence-corrected chi connectivity index (χ0v) is 11.8. The van der Waals surface area contributed by atoms with Gasteiger partial charge in [0.05, 0.1) is 4.92 Å². The summed E-state index contributed by atoms with van der Waals surface area (Å²) >= 11 is 0. The Balaban J connectivity index is 2.04. The number of piperidine rings is 1. The van der Waals surface area contributed by atoms with Crippen LogP contribution in [0, 0.1) is 23.0 Å². The van der Waals surface area contributed by atoms with Crippen LogP contribution >= 0.6 is 0 Å². The number of nitro benzene ring substituents is 1. The number of nitrogens with zero attached hydrogens (tertiary/aromatic N) is 2. The highest BCUT2D eigenvalue weighted by Gasteiger charge is 2.30. The summed E-state index contributed by atoms with van der Waals surface area (Å²) in [7, 11) is 0. The van der Waals surface area contributed by atoms with Gasteiger partial charge in [0, 0.05) is 36.3 Å². The smallest absolute Gasteiger partial charge is 0.272 e. The molecule has 114 valence electrons. The van der Waals surface area contributed by atoms with E-state index in [4.69, 9.17) is 5.73 Å². The monoisotopic (exact) mass is 295 g/mol. The van der Waals surface area contributed by atoms with Gasteiger partial charge in [0.1, 0.15) is 0 Å². The SMILES string of the molecule is Cc1cc(N2CCC(C(F)C(N)=O)CC2)ccc1[N+](=O)[O-]. The van der Waals surface area contributed by atoms with Gasteiger partial charge >= 0.3 is 0 Å². The predicted molar refractivity (Wildman–Crippen MR) is 76.9 cm³/mol. The van der Waals surface area contributed by atoms with Gasteiger partial charge in [-0.05, 0) is 31.9 Å². The molecule has 21 heavy (non-hydrogen) atoms. The van der Waals surface area contributed by atoms with Crippen LogP contribution in [0.1, 0.15) is 18.4 Å². The molecule has 1 unspecified atom stereocenters. The topological polar surface area (TPSA) is 89.5 Å². The molecule has 0 spiro atoms. The van der Waals surface area contributed by atoms with Crippen molar-refractivity contribution in [1.82, 2.24) is 0 Å². The van der Waals surface area contributed by atoms with Gasteiger partial charge in [0.2, 0.25) is 0 Å². The summed E-state index contributed by atoms with van der Waals surface area (Å²) in [5.74, 6) is -1.24. The zero-order chi connectivity index (χ0) is 15.6. The standard InChI is InChI=1S/C14H18FN3O3/c1-9-8-11(2-3-12(9)18(20)21)17-6-4-10(5-7-17)13(15)14(16)19/h2-3,8,10,13H,4-7H2,1H3,(H2,16,19). The Labute approximate surface area is 121 Å². The van der Waals surface area contributed by atoms with Crippen molar-refractivity contribution in [1.29, 1.82) is 0 Å². The fraction of sp³-hybridized carbons (Fsp3) is 0.500. The van der Waals surface area contributed by atoms with Crippen molar-refractivity contribution in [2.24, 2.45) is 11.7 Å². The molecule has 0 aliphatic carbocycles. The summed E-state index contributed by atoms with van der Waals surface area (Å²) in [4.78, 5) is 23.3. The molecule has 1 aliphatic heterocycles. The molecule has 6 nitrogen and oxygen atoms in total. The van der Waals surface area contributed by atoms with Gasteiger partial charge in [-0.3, -0.25) is 14.9 Å². The Bertz CT molecular complexity index is 556. The second-order valence-electron chi connectivity index (χ2n) is 5.36. The van der Waals surface area contributed by atoms with E-state index in [1.807, 2.05) is 4.90 Å². The average molecular weight is 295 g/mol. The molecule has 0 radical (unpaired) electrons.